The molecule has 0 fully saturated rings. The fraction of sp³-hybridized carbons (Fsp3) is 0.360. The van der Waals surface area contributed by atoms with E-state index in [0.29, 0.717) is 42.2 Å². The standard InChI is InChI=1S/C25H29N7O4/c1-16-24(35)32(18-9-6-5-8-17(18)26-16)15-7-14-29(2)22(34)13-12-21(33)27-20-11-10-19-23(28-20)31(4)25(36)30(19)3/h5-6,8-11H,7,12-15H2,1-4H3,(H,27,28,33). The number of aromatic nitrogens is 5. The Kier molecular flexibility index (Phi) is 7.00. The molecule has 2 amide bonds. The second-order valence-electron chi connectivity index (χ2n) is 8.80. The molecule has 188 valence electrons. The zero-order valence-corrected chi connectivity index (χ0v) is 20.8. The summed E-state index contributed by atoms with van der Waals surface area (Å²) in [7, 11) is 4.96. The van der Waals surface area contributed by atoms with Gasteiger partial charge in [0.05, 0.1) is 16.6 Å². The predicted octanol–water partition coefficient (Wildman–Crippen LogP) is 1.56. The van der Waals surface area contributed by atoms with E-state index in [1.54, 1.807) is 49.7 Å². The van der Waals surface area contributed by atoms with Crippen LogP contribution < -0.4 is 16.6 Å². The average molecular weight is 492 g/mol. The summed E-state index contributed by atoms with van der Waals surface area (Å²) >= 11 is 0. The topological polar surface area (TPSA) is 124 Å². The molecule has 3 aromatic heterocycles. The minimum Gasteiger partial charge on any atom is -0.346 e. The van der Waals surface area contributed by atoms with Crippen molar-refractivity contribution in [2.75, 3.05) is 18.9 Å². The van der Waals surface area contributed by atoms with Crippen molar-refractivity contribution < 1.29 is 9.59 Å². The first kappa shape index (κ1) is 24.8. The van der Waals surface area contributed by atoms with Gasteiger partial charge >= 0.3 is 5.69 Å². The van der Waals surface area contributed by atoms with E-state index >= 15 is 0 Å². The number of nitrogens with zero attached hydrogens (tertiary/aromatic N) is 6. The van der Waals surface area contributed by atoms with Crippen LogP contribution in [0.1, 0.15) is 25.0 Å². The van der Waals surface area contributed by atoms with Gasteiger partial charge in [-0.2, -0.15) is 0 Å². The van der Waals surface area contributed by atoms with Gasteiger partial charge < -0.3 is 14.8 Å². The number of rotatable bonds is 8. The highest BCUT2D eigenvalue weighted by Gasteiger charge is 2.15. The SMILES string of the molecule is Cc1nc2ccccc2n(CCCN(C)C(=O)CCC(=O)Nc2ccc3c(n2)n(C)c(=O)n3C)c1=O. The van der Waals surface area contributed by atoms with Gasteiger partial charge in [-0.05, 0) is 37.6 Å². The number of hydrogen-bond acceptors (Lipinski definition) is 6. The Labute approximate surface area is 207 Å². The first-order valence-corrected chi connectivity index (χ1v) is 11.7. The molecule has 0 atom stereocenters. The number of benzene rings is 1. The zero-order valence-electron chi connectivity index (χ0n) is 20.8. The molecule has 36 heavy (non-hydrogen) atoms. The van der Waals surface area contributed by atoms with Gasteiger partial charge in [0, 0.05) is 47.1 Å². The number of hydrogen-bond donors (Lipinski definition) is 1. The second kappa shape index (κ2) is 10.1. The molecule has 0 aliphatic heterocycles. The maximum Gasteiger partial charge on any atom is 0.329 e. The monoisotopic (exact) mass is 491 g/mol. The molecule has 1 aromatic carbocycles. The Morgan fingerprint density at radius 2 is 1.72 bits per heavy atom. The van der Waals surface area contributed by atoms with E-state index in [2.05, 4.69) is 15.3 Å². The van der Waals surface area contributed by atoms with E-state index in [1.165, 1.54) is 9.13 Å². The molecule has 4 rings (SSSR count). The lowest BCUT2D eigenvalue weighted by atomic mass is 10.2. The molecule has 1 N–H and O–H groups in total. The third kappa shape index (κ3) is 4.90. The summed E-state index contributed by atoms with van der Waals surface area (Å²) in [5.74, 6) is -0.184. The van der Waals surface area contributed by atoms with Crippen LogP contribution in [0.2, 0.25) is 0 Å². The van der Waals surface area contributed by atoms with Crippen LogP contribution in [0.3, 0.4) is 0 Å². The van der Waals surface area contributed by atoms with Crippen LogP contribution in [0.5, 0.6) is 0 Å². The number of para-hydroxylation sites is 2. The summed E-state index contributed by atoms with van der Waals surface area (Å²) < 4.78 is 4.58. The Balaban J connectivity index is 1.29. The molecule has 3 heterocycles. The first-order valence-electron chi connectivity index (χ1n) is 11.7. The van der Waals surface area contributed by atoms with Crippen LogP contribution in [-0.4, -0.2) is 54.0 Å². The summed E-state index contributed by atoms with van der Waals surface area (Å²) in [6.07, 6.45) is 0.636. The Hall–Kier alpha value is -4.28. The van der Waals surface area contributed by atoms with Gasteiger partial charge in [0.2, 0.25) is 11.8 Å². The van der Waals surface area contributed by atoms with Crippen molar-refractivity contribution in [3.05, 3.63) is 62.9 Å². The van der Waals surface area contributed by atoms with Gasteiger partial charge in [0.15, 0.2) is 5.65 Å². The van der Waals surface area contributed by atoms with Gasteiger partial charge in [0.1, 0.15) is 11.5 Å². The van der Waals surface area contributed by atoms with Gasteiger partial charge in [-0.25, -0.2) is 14.8 Å². The van der Waals surface area contributed by atoms with Crippen molar-refractivity contribution in [3.63, 3.8) is 0 Å². The molecule has 0 bridgehead atoms. The van der Waals surface area contributed by atoms with Crippen molar-refractivity contribution in [2.45, 2.75) is 32.7 Å². The van der Waals surface area contributed by atoms with Crippen molar-refractivity contribution in [1.82, 2.24) is 28.6 Å². The number of nitrogens with one attached hydrogen (secondary N) is 1. The highest BCUT2D eigenvalue weighted by atomic mass is 16.2. The highest BCUT2D eigenvalue weighted by Crippen LogP contribution is 2.14. The molecule has 11 heteroatoms. The van der Waals surface area contributed by atoms with Crippen LogP contribution in [0.15, 0.2) is 46.0 Å². The third-order valence-electron chi connectivity index (χ3n) is 6.26. The first-order chi connectivity index (χ1) is 17.2. The quantitative estimate of drug-likeness (QED) is 0.399. The molecule has 0 unspecified atom stereocenters. The summed E-state index contributed by atoms with van der Waals surface area (Å²) in [5, 5.41) is 2.69. The summed E-state index contributed by atoms with van der Waals surface area (Å²) in [6.45, 7) is 2.60. The van der Waals surface area contributed by atoms with Gasteiger partial charge in [-0.3, -0.25) is 23.5 Å². The molecule has 0 aliphatic rings. The smallest absolute Gasteiger partial charge is 0.329 e. The van der Waals surface area contributed by atoms with Crippen LogP contribution in [0.25, 0.3) is 22.2 Å². The van der Waals surface area contributed by atoms with Crippen LogP contribution >= 0.6 is 0 Å². The molecular weight excluding hydrogens is 462 g/mol. The lowest BCUT2D eigenvalue weighted by Crippen LogP contribution is -2.31. The minimum atomic E-state index is -0.338. The van der Waals surface area contributed by atoms with Crippen molar-refractivity contribution in [3.8, 4) is 0 Å². The minimum absolute atomic E-state index is 0.00422. The fourth-order valence-electron chi connectivity index (χ4n) is 4.19. The van der Waals surface area contributed by atoms with Gasteiger partial charge in [0.25, 0.3) is 5.56 Å². The lowest BCUT2D eigenvalue weighted by Gasteiger charge is -2.18. The van der Waals surface area contributed by atoms with Crippen molar-refractivity contribution in [1.29, 1.82) is 0 Å². The second-order valence-corrected chi connectivity index (χ2v) is 8.80. The number of pyridine rings is 1. The third-order valence-corrected chi connectivity index (χ3v) is 6.26. The number of imidazole rings is 1. The number of aryl methyl sites for hydroxylation is 4. The zero-order chi connectivity index (χ0) is 26.0. The van der Waals surface area contributed by atoms with E-state index in [0.717, 1.165) is 11.0 Å². The van der Waals surface area contributed by atoms with Gasteiger partial charge in [-0.15, -0.1) is 0 Å². The Morgan fingerprint density at radius 1 is 0.972 bits per heavy atom. The molecule has 0 aliphatic carbocycles. The number of amides is 2. The van der Waals surface area contributed by atoms with E-state index in [1.807, 2.05) is 24.3 Å². The fourth-order valence-corrected chi connectivity index (χ4v) is 4.19. The van der Waals surface area contributed by atoms with Gasteiger partial charge in [-0.1, -0.05) is 12.1 Å². The molecule has 0 saturated heterocycles. The summed E-state index contributed by atoms with van der Waals surface area (Å²) in [6, 6.07) is 10.8. The maximum atomic E-state index is 12.6. The van der Waals surface area contributed by atoms with E-state index in [4.69, 9.17) is 0 Å². The number of fused-ring (bicyclic) bond motifs is 2. The number of carbonyl (C=O) groups is 2. The van der Waals surface area contributed by atoms with Crippen molar-refractivity contribution >= 4 is 39.8 Å². The largest absolute Gasteiger partial charge is 0.346 e. The Morgan fingerprint density at radius 3 is 2.50 bits per heavy atom. The number of anilines is 1. The number of carbonyl (C=O) groups excluding carboxylic acids is 2. The summed E-state index contributed by atoms with van der Waals surface area (Å²) in [4.78, 5) is 59.8. The normalized spacial score (nSPS) is 11.2. The van der Waals surface area contributed by atoms with Crippen LogP contribution in [0, 0.1) is 6.92 Å². The predicted molar refractivity (Wildman–Crippen MR) is 137 cm³/mol. The van der Waals surface area contributed by atoms with E-state index in [-0.39, 0.29) is 35.9 Å². The molecule has 11 nitrogen and oxygen atoms in total. The van der Waals surface area contributed by atoms with Crippen LogP contribution in [-0.2, 0) is 30.2 Å². The summed E-state index contributed by atoms with van der Waals surface area (Å²) in [5.41, 5.74) is 2.75. The molecule has 0 spiro atoms. The molecular formula is C25H29N7O4. The van der Waals surface area contributed by atoms with Crippen molar-refractivity contribution in [2.24, 2.45) is 14.1 Å². The average Bonchev–Trinajstić information content (AvgIpc) is 3.08. The highest BCUT2D eigenvalue weighted by molar-refractivity contribution is 5.93. The maximum absolute atomic E-state index is 12.6. The van der Waals surface area contributed by atoms with E-state index in [9.17, 15) is 19.2 Å². The van der Waals surface area contributed by atoms with E-state index < -0.39 is 0 Å². The molecule has 0 saturated carbocycles. The van der Waals surface area contributed by atoms with Crippen LogP contribution in [0.4, 0.5) is 5.82 Å². The lowest BCUT2D eigenvalue weighted by molar-refractivity contribution is -0.131. The Bertz CT molecular complexity index is 1580. The molecule has 4 aromatic rings. The molecule has 0 radical (unpaired) electrons.